The third-order valence-electron chi connectivity index (χ3n) is 10.4. The molecule has 3 atom stereocenters. The van der Waals surface area contributed by atoms with E-state index in [2.05, 4.69) is 111 Å². The fraction of sp³-hybridized carbons (Fsp3) is 0.636. The predicted octanol–water partition coefficient (Wildman–Crippen LogP) is 14.7. The second kappa shape index (κ2) is 47.6. The van der Waals surface area contributed by atoms with Gasteiger partial charge in [0.1, 0.15) is 6.10 Å². The number of allylic oxidation sites excluding steroid dienone is 18. The number of amides is 1. The van der Waals surface area contributed by atoms with Crippen molar-refractivity contribution in [2.45, 2.75) is 219 Å². The van der Waals surface area contributed by atoms with Crippen molar-refractivity contribution < 1.29 is 24.5 Å². The van der Waals surface area contributed by atoms with E-state index in [4.69, 9.17) is 4.74 Å². The molecule has 0 aliphatic carbocycles. The maximum absolute atomic E-state index is 13.2. The minimum Gasteiger partial charge on any atom is -0.462 e. The third-order valence-corrected chi connectivity index (χ3v) is 10.4. The van der Waals surface area contributed by atoms with Crippen molar-refractivity contribution in [2.24, 2.45) is 0 Å². The Kier molecular flexibility index (Phi) is 44.9. The van der Waals surface area contributed by atoms with Crippen LogP contribution >= 0.6 is 0 Å². The fourth-order valence-electron chi connectivity index (χ4n) is 6.75. The number of aliphatic hydroxyl groups excluding tert-OH is 2. The van der Waals surface area contributed by atoms with Gasteiger partial charge in [-0.25, -0.2) is 0 Å². The first kappa shape index (κ1) is 57.5. The summed E-state index contributed by atoms with van der Waals surface area (Å²) in [6.45, 7) is 6.23. The molecule has 0 rings (SSSR count). The Morgan fingerprint density at radius 2 is 1.00 bits per heavy atom. The van der Waals surface area contributed by atoms with Gasteiger partial charge in [-0.05, 0) is 77.0 Å². The molecule has 0 fully saturated rings. The minimum atomic E-state index is -0.812. The Morgan fingerprint density at radius 1 is 0.508 bits per heavy atom. The molecule has 6 heteroatoms. The molecule has 0 aliphatic heterocycles. The van der Waals surface area contributed by atoms with Crippen molar-refractivity contribution in [3.63, 3.8) is 0 Å². The van der Waals surface area contributed by atoms with Gasteiger partial charge in [-0.3, -0.25) is 9.59 Å². The zero-order valence-corrected chi connectivity index (χ0v) is 39.2. The van der Waals surface area contributed by atoms with Crippen LogP contribution < -0.4 is 5.32 Å². The van der Waals surface area contributed by atoms with Crippen molar-refractivity contribution in [3.05, 3.63) is 109 Å². The highest BCUT2D eigenvalue weighted by molar-refractivity contribution is 5.77. The van der Waals surface area contributed by atoms with Crippen LogP contribution in [0, 0.1) is 0 Å². The molecule has 0 radical (unpaired) electrons. The Bertz CT molecular complexity index is 1270. The number of unbranched alkanes of at least 4 members (excludes halogenated alkanes) is 16. The molecule has 0 aromatic carbocycles. The highest BCUT2D eigenvalue weighted by atomic mass is 16.5. The monoisotopic (exact) mass is 846 g/mol. The van der Waals surface area contributed by atoms with E-state index in [-0.39, 0.29) is 24.9 Å². The largest absolute Gasteiger partial charge is 0.462 e. The Labute approximate surface area is 375 Å². The molecule has 0 spiro atoms. The molecule has 0 aromatic heterocycles. The lowest BCUT2D eigenvalue weighted by molar-refractivity contribution is -0.151. The van der Waals surface area contributed by atoms with E-state index in [1.807, 2.05) is 24.3 Å². The maximum Gasteiger partial charge on any atom is 0.306 e. The average molecular weight is 846 g/mol. The van der Waals surface area contributed by atoms with Crippen molar-refractivity contribution >= 4 is 11.9 Å². The second-order valence-corrected chi connectivity index (χ2v) is 16.2. The molecule has 6 nitrogen and oxygen atoms in total. The third kappa shape index (κ3) is 43.0. The van der Waals surface area contributed by atoms with Crippen LogP contribution in [0.3, 0.4) is 0 Å². The van der Waals surface area contributed by atoms with Crippen LogP contribution in [0.25, 0.3) is 0 Å². The fourth-order valence-corrected chi connectivity index (χ4v) is 6.75. The van der Waals surface area contributed by atoms with E-state index in [1.165, 1.54) is 51.4 Å². The van der Waals surface area contributed by atoms with E-state index < -0.39 is 18.2 Å². The van der Waals surface area contributed by atoms with Crippen LogP contribution in [-0.2, 0) is 14.3 Å². The summed E-state index contributed by atoms with van der Waals surface area (Å²) in [6.07, 6.45) is 64.3. The minimum absolute atomic E-state index is 0.0220. The van der Waals surface area contributed by atoms with Crippen LogP contribution in [-0.4, -0.2) is 46.9 Å². The van der Waals surface area contributed by atoms with Gasteiger partial charge in [0, 0.05) is 6.42 Å². The standard InChI is InChI=1S/C55H91NO5/c1-4-7-10-13-16-19-22-24-26-27-28-29-31-33-36-39-42-45-48-55(60)61-51(46-43-40-37-34-32-30-25-23-20-17-14-11-8-5-2)49-54(59)56-52(50-57)53(58)47-44-41-38-35-21-18-15-12-9-6-3/h8,10-11,13,16-17,19-20,22,24-30,34,37,51-53,57-58H,4-7,9,12,14-15,18,21,23,31-33,35-36,38-50H2,1-3H3,(H,56,59)/b11-8+,13-10+,19-16+,20-17+,24-22+,27-26+,29-28+,30-25+,37-34+. The van der Waals surface area contributed by atoms with Crippen molar-refractivity contribution in [2.75, 3.05) is 6.61 Å². The Balaban J connectivity index is 4.75. The Morgan fingerprint density at radius 3 is 1.57 bits per heavy atom. The van der Waals surface area contributed by atoms with Crippen LogP contribution in [0.2, 0.25) is 0 Å². The number of nitrogens with one attached hydrogen (secondary N) is 1. The summed E-state index contributed by atoms with van der Waals surface area (Å²) < 4.78 is 5.88. The zero-order valence-electron chi connectivity index (χ0n) is 39.2. The first-order valence-corrected chi connectivity index (χ1v) is 24.7. The molecule has 0 heterocycles. The first-order chi connectivity index (χ1) is 30.0. The number of aliphatic hydroxyl groups is 2. The van der Waals surface area contributed by atoms with Gasteiger partial charge in [0.05, 0.1) is 25.2 Å². The van der Waals surface area contributed by atoms with Crippen LogP contribution in [0.5, 0.6) is 0 Å². The van der Waals surface area contributed by atoms with Crippen LogP contribution in [0.4, 0.5) is 0 Å². The highest BCUT2D eigenvalue weighted by Crippen LogP contribution is 2.16. The SMILES string of the molecule is CC/C=C/C/C=C/C/C=C/C/C=C/CCCC(CC(=O)NC(CO)C(O)CCCCCCCCCCCC)OC(=O)CCCCCCC/C=C/C=C/C=C/C=C/C=C/CCC. The summed E-state index contributed by atoms with van der Waals surface area (Å²) in [5, 5.41) is 23.7. The molecular formula is C55H91NO5. The number of rotatable bonds is 42. The lowest BCUT2D eigenvalue weighted by Crippen LogP contribution is -2.46. The molecule has 3 N–H and O–H groups in total. The lowest BCUT2D eigenvalue weighted by atomic mass is 10.0. The zero-order chi connectivity index (χ0) is 44.5. The molecule has 346 valence electrons. The summed E-state index contributed by atoms with van der Waals surface area (Å²) in [5.74, 6) is -0.570. The molecule has 0 saturated carbocycles. The van der Waals surface area contributed by atoms with E-state index in [1.54, 1.807) is 0 Å². The van der Waals surface area contributed by atoms with Gasteiger partial charge in [0.2, 0.25) is 5.91 Å². The molecular weight excluding hydrogens is 755 g/mol. The normalized spacial score (nSPS) is 14.2. The summed E-state index contributed by atoms with van der Waals surface area (Å²) in [6, 6.07) is -0.730. The van der Waals surface area contributed by atoms with E-state index >= 15 is 0 Å². The number of ether oxygens (including phenoxy) is 1. The van der Waals surface area contributed by atoms with E-state index in [0.717, 1.165) is 103 Å². The predicted molar refractivity (Wildman–Crippen MR) is 263 cm³/mol. The number of hydrogen-bond donors (Lipinski definition) is 3. The molecule has 0 aliphatic rings. The summed E-state index contributed by atoms with van der Waals surface area (Å²) >= 11 is 0. The van der Waals surface area contributed by atoms with Gasteiger partial charge in [0.15, 0.2) is 0 Å². The van der Waals surface area contributed by atoms with Gasteiger partial charge in [-0.2, -0.15) is 0 Å². The van der Waals surface area contributed by atoms with Crippen molar-refractivity contribution in [3.8, 4) is 0 Å². The van der Waals surface area contributed by atoms with Crippen molar-refractivity contribution in [1.82, 2.24) is 5.32 Å². The highest BCUT2D eigenvalue weighted by Gasteiger charge is 2.24. The molecule has 0 bridgehead atoms. The smallest absolute Gasteiger partial charge is 0.306 e. The molecule has 0 aromatic rings. The summed E-state index contributed by atoms with van der Waals surface area (Å²) in [4.78, 5) is 26.1. The molecule has 61 heavy (non-hydrogen) atoms. The molecule has 0 saturated heterocycles. The summed E-state index contributed by atoms with van der Waals surface area (Å²) in [7, 11) is 0. The molecule has 1 amide bonds. The molecule has 3 unspecified atom stereocenters. The summed E-state index contributed by atoms with van der Waals surface area (Å²) in [5.41, 5.74) is 0. The number of hydrogen-bond acceptors (Lipinski definition) is 5. The number of carbonyl (C=O) groups is 2. The van der Waals surface area contributed by atoms with Gasteiger partial charge in [0.25, 0.3) is 0 Å². The maximum atomic E-state index is 13.2. The number of carbonyl (C=O) groups excluding carboxylic acids is 2. The van der Waals surface area contributed by atoms with Crippen molar-refractivity contribution in [1.29, 1.82) is 0 Å². The Hall–Kier alpha value is -3.48. The second-order valence-electron chi connectivity index (χ2n) is 16.2. The van der Waals surface area contributed by atoms with Crippen LogP contribution in [0.1, 0.15) is 201 Å². The van der Waals surface area contributed by atoms with Gasteiger partial charge in [-0.1, -0.05) is 220 Å². The van der Waals surface area contributed by atoms with Gasteiger partial charge >= 0.3 is 5.97 Å². The van der Waals surface area contributed by atoms with Crippen LogP contribution in [0.15, 0.2) is 109 Å². The number of esters is 1. The van der Waals surface area contributed by atoms with Gasteiger partial charge in [-0.15, -0.1) is 0 Å². The van der Waals surface area contributed by atoms with E-state index in [9.17, 15) is 19.8 Å². The lowest BCUT2D eigenvalue weighted by Gasteiger charge is -2.24. The first-order valence-electron chi connectivity index (χ1n) is 24.7. The average Bonchev–Trinajstić information content (AvgIpc) is 3.25. The van der Waals surface area contributed by atoms with Gasteiger partial charge < -0.3 is 20.3 Å². The topological polar surface area (TPSA) is 95.9 Å². The van der Waals surface area contributed by atoms with E-state index in [0.29, 0.717) is 19.3 Å². The quantitative estimate of drug-likeness (QED) is 0.0246.